The monoisotopic (exact) mass is 408 g/mol. The van der Waals surface area contributed by atoms with Gasteiger partial charge in [0, 0.05) is 18.7 Å². The molecule has 30 heavy (non-hydrogen) atoms. The van der Waals surface area contributed by atoms with Gasteiger partial charge < -0.3 is 15.0 Å². The molecule has 0 saturated carbocycles. The number of hydrogen-bond donors (Lipinski definition) is 1. The van der Waals surface area contributed by atoms with Crippen molar-refractivity contribution in [3.63, 3.8) is 0 Å². The second-order valence-corrected chi connectivity index (χ2v) is 7.20. The Bertz CT molecular complexity index is 942. The Morgan fingerprint density at radius 3 is 2.53 bits per heavy atom. The minimum absolute atomic E-state index is 0.0218. The molecule has 156 valence electrons. The van der Waals surface area contributed by atoms with E-state index in [9.17, 15) is 19.2 Å². The maximum atomic E-state index is 12.3. The second kappa shape index (κ2) is 9.82. The third kappa shape index (κ3) is 5.53. The molecule has 0 aliphatic carbocycles. The van der Waals surface area contributed by atoms with Gasteiger partial charge in [-0.15, -0.1) is 0 Å². The zero-order valence-electron chi connectivity index (χ0n) is 16.8. The Hall–Kier alpha value is -3.48. The van der Waals surface area contributed by atoms with Crippen LogP contribution >= 0.6 is 0 Å². The summed E-state index contributed by atoms with van der Waals surface area (Å²) in [5.41, 5.74) is 1.81. The van der Waals surface area contributed by atoms with E-state index in [0.29, 0.717) is 25.1 Å². The highest BCUT2D eigenvalue weighted by atomic mass is 16.5. The number of hydrogen-bond acceptors (Lipinski definition) is 5. The summed E-state index contributed by atoms with van der Waals surface area (Å²) in [6.45, 7) is 1.53. The Labute approximate surface area is 175 Å². The van der Waals surface area contributed by atoms with Crippen LogP contribution < -0.4 is 10.2 Å². The molecule has 2 aromatic rings. The Morgan fingerprint density at radius 2 is 1.87 bits per heavy atom. The number of anilines is 1. The molecule has 2 aromatic carbocycles. The maximum Gasteiger partial charge on any atom is 0.338 e. The number of esters is 1. The van der Waals surface area contributed by atoms with Crippen LogP contribution in [-0.2, 0) is 25.5 Å². The number of benzene rings is 2. The molecule has 0 spiro atoms. The number of ketones is 1. The highest BCUT2D eigenvalue weighted by Gasteiger charge is 2.23. The lowest BCUT2D eigenvalue weighted by Gasteiger charge is -2.17. The van der Waals surface area contributed by atoms with Crippen LogP contribution in [0.5, 0.6) is 0 Å². The quantitative estimate of drug-likeness (QED) is 0.677. The summed E-state index contributed by atoms with van der Waals surface area (Å²) in [6.07, 6.45) is 1.64. The van der Waals surface area contributed by atoms with Gasteiger partial charge in [-0.1, -0.05) is 36.4 Å². The van der Waals surface area contributed by atoms with E-state index in [0.717, 1.165) is 12.0 Å². The predicted molar refractivity (Wildman–Crippen MR) is 111 cm³/mol. The van der Waals surface area contributed by atoms with Gasteiger partial charge in [0.05, 0.1) is 11.6 Å². The molecule has 7 nitrogen and oxygen atoms in total. The molecule has 1 N–H and O–H groups in total. The van der Waals surface area contributed by atoms with Crippen molar-refractivity contribution in [2.45, 2.75) is 32.2 Å². The first-order valence-corrected chi connectivity index (χ1v) is 9.85. The molecule has 7 heteroatoms. The number of nitrogens with one attached hydrogen (secondary N) is 1. The zero-order chi connectivity index (χ0) is 21.5. The number of carbonyl (C=O) groups excluding carboxylic acids is 4. The van der Waals surface area contributed by atoms with Crippen molar-refractivity contribution in [2.24, 2.45) is 0 Å². The molecule has 1 fully saturated rings. The van der Waals surface area contributed by atoms with Gasteiger partial charge in [0.25, 0.3) is 5.91 Å². The summed E-state index contributed by atoms with van der Waals surface area (Å²) in [7, 11) is 0. The standard InChI is InChI=1S/C23H24N2O5/c1-16(26)20(13-17-7-3-2-4-8-17)24-21(27)15-30-23(29)18-9-5-10-19(14-18)25-12-6-11-22(25)28/h2-5,7-10,14,20H,6,11-13,15H2,1H3,(H,24,27)/t20-/m0/s1. The van der Waals surface area contributed by atoms with Gasteiger partial charge >= 0.3 is 5.97 Å². The molecule has 2 amide bonds. The van der Waals surface area contributed by atoms with Crippen LogP contribution in [0.25, 0.3) is 0 Å². The highest BCUT2D eigenvalue weighted by molar-refractivity contribution is 5.98. The largest absolute Gasteiger partial charge is 0.452 e. The first-order valence-electron chi connectivity index (χ1n) is 9.85. The third-order valence-corrected chi connectivity index (χ3v) is 4.91. The summed E-state index contributed by atoms with van der Waals surface area (Å²) in [6, 6.07) is 15.2. The van der Waals surface area contributed by atoms with Gasteiger partial charge in [0.2, 0.25) is 5.91 Å². The van der Waals surface area contributed by atoms with E-state index >= 15 is 0 Å². The number of ether oxygens (including phenoxy) is 1. The van der Waals surface area contributed by atoms with Crippen molar-refractivity contribution in [3.8, 4) is 0 Å². The second-order valence-electron chi connectivity index (χ2n) is 7.20. The van der Waals surface area contributed by atoms with Crippen molar-refractivity contribution in [3.05, 3.63) is 65.7 Å². The lowest BCUT2D eigenvalue weighted by molar-refractivity contribution is -0.128. The molecule has 0 bridgehead atoms. The number of Topliss-reactive ketones (excluding diaryl/α,β-unsaturated/α-hetero) is 1. The number of nitrogens with zero attached hydrogens (tertiary/aromatic N) is 1. The fourth-order valence-electron chi connectivity index (χ4n) is 3.32. The highest BCUT2D eigenvalue weighted by Crippen LogP contribution is 2.22. The average molecular weight is 408 g/mol. The van der Waals surface area contributed by atoms with Crippen LogP contribution in [0.15, 0.2) is 54.6 Å². The van der Waals surface area contributed by atoms with E-state index in [4.69, 9.17) is 4.74 Å². The van der Waals surface area contributed by atoms with Gasteiger partial charge in [-0.05, 0) is 43.5 Å². The molecule has 1 aliphatic rings. The van der Waals surface area contributed by atoms with Crippen LogP contribution in [0.1, 0.15) is 35.7 Å². The fourth-order valence-corrected chi connectivity index (χ4v) is 3.32. The van der Waals surface area contributed by atoms with E-state index in [1.54, 1.807) is 29.2 Å². The van der Waals surface area contributed by atoms with E-state index in [1.807, 2.05) is 30.3 Å². The Morgan fingerprint density at radius 1 is 1.10 bits per heavy atom. The minimum Gasteiger partial charge on any atom is -0.452 e. The van der Waals surface area contributed by atoms with Crippen molar-refractivity contribution < 1.29 is 23.9 Å². The van der Waals surface area contributed by atoms with E-state index < -0.39 is 24.5 Å². The first kappa shape index (κ1) is 21.2. The molecule has 1 aliphatic heterocycles. The summed E-state index contributed by atoms with van der Waals surface area (Å²) >= 11 is 0. The summed E-state index contributed by atoms with van der Waals surface area (Å²) in [5, 5.41) is 2.62. The maximum absolute atomic E-state index is 12.3. The molecule has 0 unspecified atom stereocenters. The van der Waals surface area contributed by atoms with Crippen molar-refractivity contribution in [1.29, 1.82) is 0 Å². The van der Waals surface area contributed by atoms with Gasteiger partial charge in [-0.25, -0.2) is 4.79 Å². The Kier molecular flexibility index (Phi) is 6.95. The van der Waals surface area contributed by atoms with Gasteiger partial charge in [0.1, 0.15) is 0 Å². The van der Waals surface area contributed by atoms with Crippen molar-refractivity contribution in [1.82, 2.24) is 5.32 Å². The first-order chi connectivity index (χ1) is 14.4. The van der Waals surface area contributed by atoms with Gasteiger partial charge in [-0.3, -0.25) is 14.4 Å². The summed E-state index contributed by atoms with van der Waals surface area (Å²) in [5.74, 6) is -1.37. The molecule has 1 saturated heterocycles. The predicted octanol–water partition coefficient (Wildman–Crippen LogP) is 2.29. The number of rotatable bonds is 8. The number of amides is 2. The lowest BCUT2D eigenvalue weighted by atomic mass is 10.0. The third-order valence-electron chi connectivity index (χ3n) is 4.91. The zero-order valence-corrected chi connectivity index (χ0v) is 16.8. The van der Waals surface area contributed by atoms with Crippen LogP contribution in [0.2, 0.25) is 0 Å². The molecular formula is C23H24N2O5. The SMILES string of the molecule is CC(=O)[C@H](Cc1ccccc1)NC(=O)COC(=O)c1cccc(N2CCCC2=O)c1. The smallest absolute Gasteiger partial charge is 0.338 e. The molecule has 1 atom stereocenters. The van der Waals surface area contributed by atoms with Gasteiger partial charge in [-0.2, -0.15) is 0 Å². The van der Waals surface area contributed by atoms with E-state index in [-0.39, 0.29) is 17.3 Å². The molecule has 3 rings (SSSR count). The van der Waals surface area contributed by atoms with E-state index in [2.05, 4.69) is 5.32 Å². The van der Waals surface area contributed by atoms with E-state index in [1.165, 1.54) is 6.92 Å². The van der Waals surface area contributed by atoms with Crippen molar-refractivity contribution in [2.75, 3.05) is 18.1 Å². The van der Waals surface area contributed by atoms with Crippen LogP contribution in [0, 0.1) is 0 Å². The van der Waals surface area contributed by atoms with Crippen molar-refractivity contribution >= 4 is 29.3 Å². The molecule has 0 radical (unpaired) electrons. The molecule has 1 heterocycles. The summed E-state index contributed by atoms with van der Waals surface area (Å²) < 4.78 is 5.10. The van der Waals surface area contributed by atoms with Gasteiger partial charge in [0.15, 0.2) is 12.4 Å². The number of carbonyl (C=O) groups is 4. The lowest BCUT2D eigenvalue weighted by Crippen LogP contribution is -2.43. The topological polar surface area (TPSA) is 92.8 Å². The Balaban J connectivity index is 1.55. The molecule has 0 aromatic heterocycles. The molecular weight excluding hydrogens is 384 g/mol. The summed E-state index contributed by atoms with van der Waals surface area (Å²) in [4.78, 5) is 49.9. The fraction of sp³-hybridized carbons (Fsp3) is 0.304. The van der Waals surface area contributed by atoms with Crippen LogP contribution in [0.3, 0.4) is 0 Å². The van der Waals surface area contributed by atoms with Crippen LogP contribution in [0.4, 0.5) is 5.69 Å². The normalized spacial score (nSPS) is 14.3. The van der Waals surface area contributed by atoms with Crippen LogP contribution in [-0.4, -0.2) is 42.8 Å². The average Bonchev–Trinajstić information content (AvgIpc) is 3.18. The minimum atomic E-state index is -0.692.